The lowest BCUT2D eigenvalue weighted by molar-refractivity contribution is 0.518. The molecule has 0 aliphatic rings. The van der Waals surface area contributed by atoms with Crippen molar-refractivity contribution in [3.05, 3.63) is 84.0 Å². The maximum atomic E-state index is 5.44. The molecule has 0 atom stereocenters. The van der Waals surface area contributed by atoms with E-state index in [1.807, 2.05) is 0 Å². The third kappa shape index (κ3) is 48.6. The van der Waals surface area contributed by atoms with Crippen LogP contribution in [0.5, 0.6) is 0 Å². The molecule has 0 spiro atoms. The molecular formula is C81H138N2. The summed E-state index contributed by atoms with van der Waals surface area (Å²) < 4.78 is 0. The molecule has 0 amide bonds. The van der Waals surface area contributed by atoms with Crippen LogP contribution in [0.15, 0.2) is 82.8 Å². The molecule has 0 fully saturated rings. The third-order valence-corrected chi connectivity index (χ3v) is 17.6. The molecule has 2 nitrogen and oxygen atoms in total. The lowest BCUT2D eigenvalue weighted by Crippen LogP contribution is -2.13. The fourth-order valence-electron chi connectivity index (χ4n) is 12.1. The fourth-order valence-corrected chi connectivity index (χ4v) is 12.1. The maximum absolute atomic E-state index is 5.44. The number of benzene rings is 2. The van der Waals surface area contributed by atoms with E-state index in [1.54, 1.807) is 0 Å². The molecule has 2 aromatic rings. The largest absolute Gasteiger partial charge is 0.250 e. The van der Waals surface area contributed by atoms with Crippen LogP contribution < -0.4 is 0 Å². The smallest absolute Gasteiger partial charge is 0.135 e. The van der Waals surface area contributed by atoms with Crippen molar-refractivity contribution in [2.45, 2.75) is 394 Å². The van der Waals surface area contributed by atoms with E-state index in [4.69, 9.17) is 9.98 Å². The van der Waals surface area contributed by atoms with E-state index < -0.39 is 0 Å². The van der Waals surface area contributed by atoms with Crippen LogP contribution in [-0.4, -0.2) is 11.4 Å². The Morgan fingerprint density at radius 1 is 0.301 bits per heavy atom. The predicted molar refractivity (Wildman–Crippen MR) is 377 cm³/mol. The van der Waals surface area contributed by atoms with Crippen LogP contribution in [0.4, 0.5) is 11.4 Å². The van der Waals surface area contributed by atoms with Gasteiger partial charge < -0.3 is 0 Å². The van der Waals surface area contributed by atoms with Gasteiger partial charge in [-0.25, -0.2) is 4.99 Å². The summed E-state index contributed by atoms with van der Waals surface area (Å²) in [7, 11) is 0. The highest BCUT2D eigenvalue weighted by Gasteiger charge is 2.12. The van der Waals surface area contributed by atoms with Gasteiger partial charge in [0.15, 0.2) is 0 Å². The van der Waals surface area contributed by atoms with Gasteiger partial charge in [-0.2, -0.15) is 0 Å². The summed E-state index contributed by atoms with van der Waals surface area (Å²) in [5.41, 5.74) is 6.61. The Bertz CT molecular complexity index is 1870. The number of aryl methyl sites for hydroxylation is 2. The molecule has 472 valence electrons. The van der Waals surface area contributed by atoms with Crippen molar-refractivity contribution in [2.75, 3.05) is 0 Å². The zero-order valence-electron chi connectivity index (χ0n) is 56.1. The Balaban J connectivity index is 1.65. The first-order valence-corrected chi connectivity index (χ1v) is 37.3. The third-order valence-electron chi connectivity index (χ3n) is 17.6. The molecule has 0 saturated carbocycles. The first kappa shape index (κ1) is 75.9. The Kier molecular flexibility index (Phi) is 56.6. The molecule has 0 radical (unpaired) electrons. The fraction of sp³-hybridized carbons (Fsp3) is 0.753. The summed E-state index contributed by atoms with van der Waals surface area (Å²) >= 11 is 0. The van der Waals surface area contributed by atoms with E-state index in [2.05, 4.69) is 112 Å². The summed E-state index contributed by atoms with van der Waals surface area (Å²) in [6, 6.07) is 17.5. The highest BCUT2D eigenvalue weighted by atomic mass is 14.8. The second-order valence-corrected chi connectivity index (χ2v) is 25.5. The number of nitrogens with zero attached hydrogens (tertiary/aromatic N) is 2. The highest BCUT2D eigenvalue weighted by molar-refractivity contribution is 6.49. The molecule has 2 rings (SSSR count). The van der Waals surface area contributed by atoms with Crippen LogP contribution in [-0.2, 0) is 12.8 Å². The van der Waals surface area contributed by atoms with Gasteiger partial charge in [0.05, 0.1) is 17.1 Å². The second kappa shape index (κ2) is 61.9. The van der Waals surface area contributed by atoms with Gasteiger partial charge >= 0.3 is 0 Å². The maximum Gasteiger partial charge on any atom is 0.135 e. The summed E-state index contributed by atoms with van der Waals surface area (Å²) in [5.74, 6) is 6.90. The molecule has 2 heteroatoms. The molecular weight excluding hydrogens is 1000 g/mol. The minimum atomic E-state index is 0.801. The van der Waals surface area contributed by atoms with Crippen molar-refractivity contribution >= 4 is 22.8 Å². The van der Waals surface area contributed by atoms with Gasteiger partial charge in [-0.05, 0) is 93.4 Å². The predicted octanol–water partition coefficient (Wildman–Crippen LogP) is 28.3. The van der Waals surface area contributed by atoms with Crippen LogP contribution in [0, 0.1) is 11.8 Å². The number of aliphatic imine (C=N–C) groups is 2. The van der Waals surface area contributed by atoms with E-state index in [1.165, 1.54) is 332 Å². The highest BCUT2D eigenvalue weighted by Crippen LogP contribution is 2.26. The van der Waals surface area contributed by atoms with Crippen molar-refractivity contribution in [3.63, 3.8) is 0 Å². The van der Waals surface area contributed by atoms with Crippen LogP contribution in [0.25, 0.3) is 0 Å². The van der Waals surface area contributed by atoms with Crippen molar-refractivity contribution in [2.24, 2.45) is 9.98 Å². The van der Waals surface area contributed by atoms with Crippen LogP contribution in [0.1, 0.15) is 392 Å². The number of hydrogen-bond donors (Lipinski definition) is 0. The Morgan fingerprint density at radius 2 is 0.566 bits per heavy atom. The number of allylic oxidation sites excluding steroid dienone is 4. The molecule has 83 heavy (non-hydrogen) atoms. The van der Waals surface area contributed by atoms with Gasteiger partial charge in [-0.1, -0.05) is 390 Å². The van der Waals surface area contributed by atoms with Gasteiger partial charge in [0, 0.05) is 6.42 Å². The lowest BCUT2D eigenvalue weighted by Gasteiger charge is -2.11. The molecule has 0 N–H and O–H groups in total. The SMILES string of the molecule is CCC#CC(=Nc1ccccc1CCC=CCCCCCCCCCCCCCCCCCCCCCCCCC)C(CCCCC)=Nc1ccccc1CCC=CCCCCCCCCCCCCCCCCCCCCCCCCC. The van der Waals surface area contributed by atoms with E-state index >= 15 is 0 Å². The standard InChI is InChI=1S/C81H138N2/c1-5-9-13-15-17-19-21-23-25-27-29-31-33-35-37-39-41-43-45-47-49-51-53-55-57-59-62-68-76-70-64-66-73-78(76)82-80(72-12-8-4)81(75-61-11-7-3)83-79-74-67-65-71-77(79)69-63-60-58-56-54-52-50-48-46-44-42-40-38-36-34-32-30-28-26-24-22-20-18-16-14-10-6-2/h57-60,64-67,70-71,73-74H,5-11,13-56,61-63,68-69,75H2,1-4H3. The summed E-state index contributed by atoms with van der Waals surface area (Å²) in [6.07, 6.45) is 87.6. The van der Waals surface area contributed by atoms with Gasteiger partial charge in [0.25, 0.3) is 0 Å². The normalized spacial score (nSPS) is 12.1. The molecule has 0 saturated heterocycles. The minimum absolute atomic E-state index is 0.801. The van der Waals surface area contributed by atoms with Crippen LogP contribution >= 0.6 is 0 Å². The van der Waals surface area contributed by atoms with Gasteiger partial charge in [0.2, 0.25) is 0 Å². The minimum Gasteiger partial charge on any atom is -0.250 e. The number of unbranched alkanes of at least 4 members (excludes halogenated alkanes) is 48. The monoisotopic (exact) mass is 1140 g/mol. The molecule has 0 bridgehead atoms. The summed E-state index contributed by atoms with van der Waals surface area (Å²) in [5, 5.41) is 0. The van der Waals surface area contributed by atoms with Gasteiger partial charge in [-0.3, -0.25) is 4.99 Å². The molecule has 0 heterocycles. The van der Waals surface area contributed by atoms with Gasteiger partial charge in [-0.15, -0.1) is 0 Å². The number of hydrogen-bond acceptors (Lipinski definition) is 2. The number of rotatable bonds is 61. The van der Waals surface area contributed by atoms with E-state index in [9.17, 15) is 0 Å². The van der Waals surface area contributed by atoms with Gasteiger partial charge in [0.1, 0.15) is 5.71 Å². The summed E-state index contributed by atoms with van der Waals surface area (Å²) in [4.78, 5) is 10.8. The van der Waals surface area contributed by atoms with Crippen LogP contribution in [0.3, 0.4) is 0 Å². The van der Waals surface area contributed by atoms with E-state index in [0.717, 1.165) is 67.7 Å². The van der Waals surface area contributed by atoms with Crippen molar-refractivity contribution < 1.29 is 0 Å². The topological polar surface area (TPSA) is 24.7 Å². The summed E-state index contributed by atoms with van der Waals surface area (Å²) in [6.45, 7) is 9.04. The number of para-hydroxylation sites is 2. The lowest BCUT2D eigenvalue weighted by atomic mass is 10.0. The Labute approximate surface area is 519 Å². The van der Waals surface area contributed by atoms with Crippen molar-refractivity contribution in [1.29, 1.82) is 0 Å². The quantitative estimate of drug-likeness (QED) is 0.0273. The van der Waals surface area contributed by atoms with E-state index in [-0.39, 0.29) is 0 Å². The second-order valence-electron chi connectivity index (χ2n) is 25.5. The average molecular weight is 1140 g/mol. The first-order chi connectivity index (χ1) is 41.2. The zero-order chi connectivity index (χ0) is 59.1. The zero-order valence-corrected chi connectivity index (χ0v) is 56.1. The van der Waals surface area contributed by atoms with Crippen molar-refractivity contribution in [1.82, 2.24) is 0 Å². The molecule has 0 aliphatic heterocycles. The molecule has 0 aliphatic carbocycles. The van der Waals surface area contributed by atoms with E-state index in [0.29, 0.717) is 0 Å². The molecule has 2 aromatic carbocycles. The Morgan fingerprint density at radius 3 is 0.880 bits per heavy atom. The Hall–Kier alpha value is -3.18. The average Bonchev–Trinajstić information content (AvgIpc) is 3.50. The first-order valence-electron chi connectivity index (χ1n) is 37.3. The van der Waals surface area contributed by atoms with Crippen LogP contribution in [0.2, 0.25) is 0 Å². The molecule has 0 aromatic heterocycles. The van der Waals surface area contributed by atoms with Crippen molar-refractivity contribution in [3.8, 4) is 11.8 Å². The molecule has 0 unspecified atom stereocenters.